The first-order valence-corrected chi connectivity index (χ1v) is 6.66. The molecular formula is C9H15N3O2S. The van der Waals surface area contributed by atoms with Gasteiger partial charge in [-0.05, 0) is 18.6 Å². The Balaban J connectivity index is 2.29. The summed E-state index contributed by atoms with van der Waals surface area (Å²) in [5, 5.41) is 3.01. The van der Waals surface area contributed by atoms with E-state index in [2.05, 4.69) is 10.3 Å². The van der Waals surface area contributed by atoms with E-state index < -0.39 is 9.84 Å². The van der Waals surface area contributed by atoms with Gasteiger partial charge in [0.05, 0.1) is 17.6 Å². The summed E-state index contributed by atoms with van der Waals surface area (Å²) >= 11 is 0. The average molecular weight is 229 g/mol. The number of aromatic nitrogens is 1. The molecule has 0 fully saturated rings. The number of hydrogen-bond donors (Lipinski definition) is 2. The van der Waals surface area contributed by atoms with E-state index in [0.717, 1.165) is 0 Å². The SMILES string of the molecule is CS(=O)(=O)CCCNc1ccc(N)cn1. The van der Waals surface area contributed by atoms with Crippen LogP contribution in [0.25, 0.3) is 0 Å². The Kier molecular flexibility index (Phi) is 3.90. The molecule has 0 aliphatic heterocycles. The summed E-state index contributed by atoms with van der Waals surface area (Å²) in [6.45, 7) is 0.587. The van der Waals surface area contributed by atoms with Crippen LogP contribution in [0, 0.1) is 0 Å². The number of nitrogens with zero attached hydrogens (tertiary/aromatic N) is 1. The maximum absolute atomic E-state index is 10.8. The van der Waals surface area contributed by atoms with E-state index in [1.165, 1.54) is 6.26 Å². The van der Waals surface area contributed by atoms with Gasteiger partial charge in [0.1, 0.15) is 15.7 Å². The lowest BCUT2D eigenvalue weighted by Crippen LogP contribution is -2.10. The van der Waals surface area contributed by atoms with Crippen molar-refractivity contribution in [1.29, 1.82) is 0 Å². The number of nitrogens with one attached hydrogen (secondary N) is 1. The van der Waals surface area contributed by atoms with E-state index in [0.29, 0.717) is 24.5 Å². The Hall–Kier alpha value is -1.30. The molecule has 0 spiro atoms. The quantitative estimate of drug-likeness (QED) is 0.719. The molecule has 0 aromatic carbocycles. The predicted molar refractivity (Wildman–Crippen MR) is 61.5 cm³/mol. The Bertz CT molecular complexity index is 400. The summed E-state index contributed by atoms with van der Waals surface area (Å²) in [7, 11) is -2.87. The second-order valence-electron chi connectivity index (χ2n) is 3.39. The van der Waals surface area contributed by atoms with Gasteiger partial charge in [0.2, 0.25) is 0 Å². The van der Waals surface area contributed by atoms with Crippen molar-refractivity contribution in [3.05, 3.63) is 18.3 Å². The van der Waals surface area contributed by atoms with Crippen LogP contribution in [-0.4, -0.2) is 32.0 Å². The third-order valence-electron chi connectivity index (χ3n) is 1.78. The molecule has 0 atom stereocenters. The van der Waals surface area contributed by atoms with Gasteiger partial charge in [0.25, 0.3) is 0 Å². The van der Waals surface area contributed by atoms with E-state index >= 15 is 0 Å². The van der Waals surface area contributed by atoms with Crippen LogP contribution in [0.3, 0.4) is 0 Å². The molecule has 1 aromatic heterocycles. The highest BCUT2D eigenvalue weighted by Gasteiger charge is 2.00. The predicted octanol–water partition coefficient (Wildman–Crippen LogP) is 0.510. The first-order valence-electron chi connectivity index (χ1n) is 4.60. The van der Waals surface area contributed by atoms with Gasteiger partial charge >= 0.3 is 0 Å². The minimum Gasteiger partial charge on any atom is -0.397 e. The fraction of sp³-hybridized carbons (Fsp3) is 0.444. The average Bonchev–Trinajstić information content (AvgIpc) is 2.14. The van der Waals surface area contributed by atoms with Gasteiger partial charge in [0, 0.05) is 12.8 Å². The second-order valence-corrected chi connectivity index (χ2v) is 5.65. The highest BCUT2D eigenvalue weighted by molar-refractivity contribution is 7.90. The molecular weight excluding hydrogens is 214 g/mol. The number of hydrogen-bond acceptors (Lipinski definition) is 5. The molecule has 0 bridgehead atoms. The van der Waals surface area contributed by atoms with Crippen LogP contribution in [0.1, 0.15) is 6.42 Å². The van der Waals surface area contributed by atoms with Gasteiger partial charge in [-0.2, -0.15) is 0 Å². The van der Waals surface area contributed by atoms with Crippen LogP contribution < -0.4 is 11.1 Å². The van der Waals surface area contributed by atoms with Gasteiger partial charge in [0.15, 0.2) is 0 Å². The van der Waals surface area contributed by atoms with E-state index in [9.17, 15) is 8.42 Å². The third-order valence-corrected chi connectivity index (χ3v) is 2.81. The fourth-order valence-electron chi connectivity index (χ4n) is 1.06. The van der Waals surface area contributed by atoms with Crippen molar-refractivity contribution >= 4 is 21.3 Å². The molecule has 0 aliphatic carbocycles. The standard InChI is InChI=1S/C9H15N3O2S/c1-15(13,14)6-2-5-11-9-4-3-8(10)7-12-9/h3-4,7H,2,5-6,10H2,1H3,(H,11,12). The van der Waals surface area contributed by atoms with Crippen LogP contribution in [0.2, 0.25) is 0 Å². The summed E-state index contributed by atoms with van der Waals surface area (Å²) in [4.78, 5) is 4.03. The highest BCUT2D eigenvalue weighted by Crippen LogP contribution is 2.05. The summed E-state index contributed by atoms with van der Waals surface area (Å²) in [6, 6.07) is 3.50. The van der Waals surface area contributed by atoms with Crippen LogP contribution in [0.4, 0.5) is 11.5 Å². The number of rotatable bonds is 5. The maximum Gasteiger partial charge on any atom is 0.147 e. The molecule has 0 amide bonds. The Morgan fingerprint density at radius 2 is 2.20 bits per heavy atom. The Morgan fingerprint density at radius 3 is 2.73 bits per heavy atom. The van der Waals surface area contributed by atoms with Gasteiger partial charge in [-0.3, -0.25) is 0 Å². The Morgan fingerprint density at radius 1 is 1.47 bits per heavy atom. The maximum atomic E-state index is 10.8. The molecule has 5 nitrogen and oxygen atoms in total. The lowest BCUT2D eigenvalue weighted by atomic mass is 10.4. The van der Waals surface area contributed by atoms with Gasteiger partial charge in [-0.1, -0.05) is 0 Å². The third kappa shape index (κ3) is 5.21. The van der Waals surface area contributed by atoms with Crippen molar-refractivity contribution in [2.75, 3.05) is 29.6 Å². The number of nitrogen functional groups attached to an aromatic ring is 1. The van der Waals surface area contributed by atoms with E-state index in [1.54, 1.807) is 18.3 Å². The van der Waals surface area contributed by atoms with Gasteiger partial charge in [-0.25, -0.2) is 13.4 Å². The molecule has 0 unspecified atom stereocenters. The molecule has 15 heavy (non-hydrogen) atoms. The van der Waals surface area contributed by atoms with E-state index in [1.807, 2.05) is 0 Å². The molecule has 1 heterocycles. The lowest BCUT2D eigenvalue weighted by molar-refractivity contribution is 0.600. The number of anilines is 2. The molecule has 0 saturated heterocycles. The molecule has 0 aliphatic rings. The first kappa shape index (κ1) is 11.8. The monoisotopic (exact) mass is 229 g/mol. The van der Waals surface area contributed by atoms with Crippen molar-refractivity contribution in [2.45, 2.75) is 6.42 Å². The lowest BCUT2D eigenvalue weighted by Gasteiger charge is -2.04. The normalized spacial score (nSPS) is 11.3. The molecule has 6 heteroatoms. The van der Waals surface area contributed by atoms with Crippen LogP contribution in [0.5, 0.6) is 0 Å². The minimum atomic E-state index is -2.87. The van der Waals surface area contributed by atoms with E-state index in [-0.39, 0.29) is 5.75 Å². The fourth-order valence-corrected chi connectivity index (χ4v) is 1.73. The van der Waals surface area contributed by atoms with Crippen molar-refractivity contribution in [1.82, 2.24) is 4.98 Å². The minimum absolute atomic E-state index is 0.189. The van der Waals surface area contributed by atoms with Crippen molar-refractivity contribution in [3.8, 4) is 0 Å². The van der Waals surface area contributed by atoms with Gasteiger partial charge in [-0.15, -0.1) is 0 Å². The molecule has 3 N–H and O–H groups in total. The summed E-state index contributed by atoms with van der Waals surface area (Å²) < 4.78 is 21.7. The number of sulfone groups is 1. The number of pyridine rings is 1. The van der Waals surface area contributed by atoms with Crippen molar-refractivity contribution in [3.63, 3.8) is 0 Å². The molecule has 0 radical (unpaired) electrons. The smallest absolute Gasteiger partial charge is 0.147 e. The van der Waals surface area contributed by atoms with Crippen LogP contribution >= 0.6 is 0 Å². The summed E-state index contributed by atoms with van der Waals surface area (Å²) in [5.41, 5.74) is 6.08. The highest BCUT2D eigenvalue weighted by atomic mass is 32.2. The topological polar surface area (TPSA) is 85.1 Å². The van der Waals surface area contributed by atoms with Crippen LogP contribution in [-0.2, 0) is 9.84 Å². The Labute approximate surface area is 89.6 Å². The number of nitrogens with two attached hydrogens (primary N) is 1. The zero-order valence-corrected chi connectivity index (χ0v) is 9.42. The molecule has 1 aromatic rings. The molecule has 0 saturated carbocycles. The van der Waals surface area contributed by atoms with E-state index in [4.69, 9.17) is 5.73 Å². The molecule has 84 valence electrons. The summed E-state index contributed by atoms with van der Waals surface area (Å²) in [6.07, 6.45) is 3.36. The van der Waals surface area contributed by atoms with Crippen LogP contribution in [0.15, 0.2) is 18.3 Å². The van der Waals surface area contributed by atoms with Crippen molar-refractivity contribution < 1.29 is 8.42 Å². The first-order chi connectivity index (χ1) is 6.97. The zero-order valence-electron chi connectivity index (χ0n) is 8.60. The van der Waals surface area contributed by atoms with Gasteiger partial charge < -0.3 is 11.1 Å². The van der Waals surface area contributed by atoms with Crippen molar-refractivity contribution in [2.24, 2.45) is 0 Å². The second kappa shape index (κ2) is 4.97. The largest absolute Gasteiger partial charge is 0.397 e. The zero-order chi connectivity index (χ0) is 11.3. The molecule has 1 rings (SSSR count). The summed E-state index contributed by atoms with van der Waals surface area (Å²) in [5.74, 6) is 0.896.